The van der Waals surface area contributed by atoms with Gasteiger partial charge >= 0.3 is 0 Å². The van der Waals surface area contributed by atoms with Crippen molar-refractivity contribution in [1.29, 1.82) is 0 Å². The lowest BCUT2D eigenvalue weighted by Gasteiger charge is -2.24. The molecule has 2 unspecified atom stereocenters. The molecule has 0 spiro atoms. The van der Waals surface area contributed by atoms with E-state index < -0.39 is 12.1 Å². The Hall–Kier alpha value is -2.75. The van der Waals surface area contributed by atoms with Crippen molar-refractivity contribution in [2.75, 3.05) is 20.3 Å². The molecule has 2 N–H and O–H groups in total. The number of methoxy groups -OCH3 is 1. The van der Waals surface area contributed by atoms with Gasteiger partial charge in [0.15, 0.2) is 5.69 Å². The summed E-state index contributed by atoms with van der Waals surface area (Å²) >= 11 is 0. The summed E-state index contributed by atoms with van der Waals surface area (Å²) in [7, 11) is 1.66. The number of carbonyl (C=O) groups is 2. The van der Waals surface area contributed by atoms with Gasteiger partial charge in [0.2, 0.25) is 0 Å². The van der Waals surface area contributed by atoms with Crippen LogP contribution in [0.4, 0.5) is 4.39 Å². The number of alkyl halides is 1. The molecule has 0 aliphatic carbocycles. The number of aryl methyl sites for hydroxylation is 1. The molecule has 10 heteroatoms. The number of likely N-dealkylation sites (tertiary alicyclic amines) is 1. The Kier molecular flexibility index (Phi) is 6.31. The number of nitrogens with zero attached hydrogens (tertiary/aromatic N) is 5. The molecule has 3 rings (SSSR count). The zero-order valence-corrected chi connectivity index (χ0v) is 17.0. The largest absolute Gasteiger partial charge is 0.385 e. The fourth-order valence-corrected chi connectivity index (χ4v) is 3.88. The van der Waals surface area contributed by atoms with Gasteiger partial charge < -0.3 is 19.9 Å². The van der Waals surface area contributed by atoms with Gasteiger partial charge in [0, 0.05) is 38.1 Å². The highest BCUT2D eigenvalue weighted by Gasteiger charge is 2.37. The minimum Gasteiger partial charge on any atom is -0.385 e. The summed E-state index contributed by atoms with van der Waals surface area (Å²) in [5, 5.41) is 7.56. The molecule has 2 aromatic rings. The second kappa shape index (κ2) is 8.73. The van der Waals surface area contributed by atoms with E-state index in [1.54, 1.807) is 12.0 Å². The molecule has 0 aromatic carbocycles. The average Bonchev–Trinajstić information content (AvgIpc) is 3.35. The van der Waals surface area contributed by atoms with Crippen LogP contribution >= 0.6 is 0 Å². The molecule has 1 aliphatic rings. The molecule has 2 amide bonds. The molecule has 29 heavy (non-hydrogen) atoms. The Labute approximate surface area is 168 Å². The number of hydrogen-bond donors (Lipinski definition) is 1. The highest BCUT2D eigenvalue weighted by Crippen LogP contribution is 2.26. The molecule has 1 aliphatic heterocycles. The predicted molar refractivity (Wildman–Crippen MR) is 103 cm³/mol. The Bertz CT molecular complexity index is 893. The zero-order valence-electron chi connectivity index (χ0n) is 17.0. The summed E-state index contributed by atoms with van der Waals surface area (Å²) in [6.07, 6.45) is 1.36. The fraction of sp³-hybridized carbons (Fsp3) is 0.579. The molecule has 158 valence electrons. The molecule has 0 saturated carbocycles. The van der Waals surface area contributed by atoms with E-state index in [4.69, 9.17) is 10.5 Å². The van der Waals surface area contributed by atoms with Gasteiger partial charge in [-0.05, 0) is 26.3 Å². The maximum Gasteiger partial charge on any atom is 0.270 e. The van der Waals surface area contributed by atoms with E-state index in [0.29, 0.717) is 12.2 Å². The van der Waals surface area contributed by atoms with Gasteiger partial charge in [0.25, 0.3) is 11.8 Å². The third-order valence-corrected chi connectivity index (χ3v) is 5.35. The van der Waals surface area contributed by atoms with Crippen LogP contribution in [0.15, 0.2) is 12.3 Å². The minimum absolute atomic E-state index is 0.0359. The zero-order chi connectivity index (χ0) is 21.1. The van der Waals surface area contributed by atoms with Crippen molar-refractivity contribution >= 4 is 11.8 Å². The fourth-order valence-electron chi connectivity index (χ4n) is 3.88. The quantitative estimate of drug-likeness (QED) is 0.660. The third kappa shape index (κ3) is 4.47. The van der Waals surface area contributed by atoms with Gasteiger partial charge in [-0.2, -0.15) is 0 Å². The van der Waals surface area contributed by atoms with Crippen molar-refractivity contribution in [1.82, 2.24) is 24.5 Å². The lowest BCUT2D eigenvalue weighted by Crippen LogP contribution is -2.38. The lowest BCUT2D eigenvalue weighted by molar-refractivity contribution is 0.0713. The van der Waals surface area contributed by atoms with Crippen LogP contribution in [-0.2, 0) is 17.8 Å². The molecule has 0 bridgehead atoms. The summed E-state index contributed by atoms with van der Waals surface area (Å²) < 4.78 is 22.8. The van der Waals surface area contributed by atoms with Gasteiger partial charge in [-0.25, -0.2) is 9.07 Å². The highest BCUT2D eigenvalue weighted by atomic mass is 19.1. The first-order valence-electron chi connectivity index (χ1n) is 9.62. The normalized spacial score (nSPS) is 19.1. The number of ether oxygens (including phenoxy) is 1. The number of primary amides is 1. The number of nitrogens with two attached hydrogens (primary N) is 1. The van der Waals surface area contributed by atoms with E-state index in [1.165, 1.54) is 10.9 Å². The Morgan fingerprint density at radius 1 is 1.38 bits per heavy atom. The average molecular weight is 406 g/mol. The van der Waals surface area contributed by atoms with Crippen LogP contribution in [0.1, 0.15) is 45.1 Å². The summed E-state index contributed by atoms with van der Waals surface area (Å²) in [6, 6.07) is 1.48. The molecule has 0 radical (unpaired) electrons. The van der Waals surface area contributed by atoms with Crippen LogP contribution in [-0.4, -0.2) is 68.8 Å². The van der Waals surface area contributed by atoms with Crippen LogP contribution in [0.5, 0.6) is 0 Å². The van der Waals surface area contributed by atoms with Crippen LogP contribution in [0.2, 0.25) is 0 Å². The summed E-state index contributed by atoms with van der Waals surface area (Å²) in [5.41, 5.74) is 7.66. The second-order valence-electron chi connectivity index (χ2n) is 7.42. The summed E-state index contributed by atoms with van der Waals surface area (Å²) in [6.45, 7) is 5.54. The van der Waals surface area contributed by atoms with E-state index in [0.717, 1.165) is 24.4 Å². The van der Waals surface area contributed by atoms with Crippen LogP contribution < -0.4 is 5.73 Å². The van der Waals surface area contributed by atoms with Crippen molar-refractivity contribution in [2.45, 2.75) is 52.0 Å². The molecule has 1 fully saturated rings. The molecule has 3 heterocycles. The smallest absolute Gasteiger partial charge is 0.270 e. The number of rotatable bonds is 8. The van der Waals surface area contributed by atoms with E-state index in [-0.39, 0.29) is 37.2 Å². The summed E-state index contributed by atoms with van der Waals surface area (Å²) in [5.74, 6) is -0.878. The van der Waals surface area contributed by atoms with E-state index in [2.05, 4.69) is 14.9 Å². The first kappa shape index (κ1) is 21.0. The van der Waals surface area contributed by atoms with Crippen molar-refractivity contribution in [2.24, 2.45) is 5.73 Å². The first-order chi connectivity index (χ1) is 13.8. The maximum absolute atomic E-state index is 14.2. The van der Waals surface area contributed by atoms with Gasteiger partial charge in [-0.3, -0.25) is 9.59 Å². The van der Waals surface area contributed by atoms with E-state index in [1.807, 2.05) is 19.9 Å². The highest BCUT2D eigenvalue weighted by molar-refractivity contribution is 5.96. The molecule has 2 atom stereocenters. The van der Waals surface area contributed by atoms with Crippen molar-refractivity contribution < 1.29 is 18.7 Å². The number of hydrogen-bond acceptors (Lipinski definition) is 5. The van der Waals surface area contributed by atoms with Gasteiger partial charge in [0.05, 0.1) is 30.9 Å². The van der Waals surface area contributed by atoms with Crippen molar-refractivity contribution in [3.05, 3.63) is 34.9 Å². The molecular formula is C19H27FN6O3. The number of aromatic nitrogens is 4. The van der Waals surface area contributed by atoms with Gasteiger partial charge in [-0.15, -0.1) is 5.10 Å². The topological polar surface area (TPSA) is 108 Å². The van der Waals surface area contributed by atoms with Crippen molar-refractivity contribution in [3.8, 4) is 0 Å². The maximum atomic E-state index is 14.2. The number of halogens is 1. The van der Waals surface area contributed by atoms with E-state index >= 15 is 0 Å². The van der Waals surface area contributed by atoms with Gasteiger partial charge in [0.1, 0.15) is 6.17 Å². The Balaban J connectivity index is 1.77. The first-order valence-corrected chi connectivity index (χ1v) is 9.62. The molecular weight excluding hydrogens is 379 g/mol. The molecule has 1 saturated heterocycles. The minimum atomic E-state index is -1.10. The number of carbonyl (C=O) groups excluding carboxylic acids is 2. The molecule has 9 nitrogen and oxygen atoms in total. The SMILES string of the molecule is COCCCn1c(C)cc(C(=O)N2CC(F)CC2Cn2cc(C(N)=O)nn2)c1C. The Morgan fingerprint density at radius 3 is 2.79 bits per heavy atom. The van der Waals surface area contributed by atoms with Crippen LogP contribution in [0.25, 0.3) is 0 Å². The van der Waals surface area contributed by atoms with Crippen LogP contribution in [0, 0.1) is 13.8 Å². The predicted octanol–water partition coefficient (Wildman–Crippen LogP) is 1.08. The monoisotopic (exact) mass is 406 g/mol. The van der Waals surface area contributed by atoms with Gasteiger partial charge in [-0.1, -0.05) is 5.21 Å². The van der Waals surface area contributed by atoms with Crippen LogP contribution in [0.3, 0.4) is 0 Å². The molecule has 2 aromatic heterocycles. The Morgan fingerprint density at radius 2 is 2.14 bits per heavy atom. The third-order valence-electron chi connectivity index (χ3n) is 5.35. The number of amides is 2. The second-order valence-corrected chi connectivity index (χ2v) is 7.42. The van der Waals surface area contributed by atoms with E-state index in [9.17, 15) is 14.0 Å². The standard InChI is InChI=1S/C19H27FN6O3/c1-12-7-16(13(2)25(12)5-4-6-29-3)19(28)26-9-14(20)8-15(26)10-24-11-17(18(21)27)22-23-24/h7,11,14-15H,4-6,8-10H2,1-3H3,(H2,21,27). The lowest BCUT2D eigenvalue weighted by atomic mass is 10.1. The van der Waals surface area contributed by atoms with Crippen molar-refractivity contribution in [3.63, 3.8) is 0 Å². The summed E-state index contributed by atoms with van der Waals surface area (Å²) in [4.78, 5) is 26.0.